The van der Waals surface area contributed by atoms with Gasteiger partial charge in [0, 0.05) is 31.7 Å². The average Bonchev–Trinajstić information content (AvgIpc) is 3.58. The highest BCUT2D eigenvalue weighted by molar-refractivity contribution is 5.94. The van der Waals surface area contributed by atoms with Crippen LogP contribution in [0, 0.1) is 28.6 Å². The summed E-state index contributed by atoms with van der Waals surface area (Å²) in [7, 11) is 1.28. The Balaban J connectivity index is 1.25. The lowest BCUT2D eigenvalue weighted by atomic mass is 9.46. The van der Waals surface area contributed by atoms with Crippen LogP contribution in [0.4, 0.5) is 0 Å². The molecule has 10 heteroatoms. The second-order valence-electron chi connectivity index (χ2n) is 13.7. The molecular weight excluding hydrogens is 554 g/mol. The van der Waals surface area contributed by atoms with E-state index in [0.29, 0.717) is 50.5 Å². The number of hydrogen-bond acceptors (Lipinski definition) is 9. The summed E-state index contributed by atoms with van der Waals surface area (Å²) in [6.07, 6.45) is 8.66. The first kappa shape index (κ1) is 31.4. The van der Waals surface area contributed by atoms with Crippen molar-refractivity contribution in [2.45, 2.75) is 109 Å². The number of allylic oxidation sites excluding steroid dienone is 1. The summed E-state index contributed by atoms with van der Waals surface area (Å²) in [5.74, 6) is -1.30. The molecule has 5 aliphatic rings. The minimum atomic E-state index is -1.38. The van der Waals surface area contributed by atoms with Crippen molar-refractivity contribution in [1.82, 2.24) is 4.90 Å². The topological polar surface area (TPSA) is 133 Å². The van der Waals surface area contributed by atoms with Crippen molar-refractivity contribution in [3.8, 4) is 0 Å². The van der Waals surface area contributed by atoms with E-state index < -0.39 is 47.4 Å². The maximum atomic E-state index is 13.9. The highest BCUT2D eigenvalue weighted by Crippen LogP contribution is 2.68. The number of Topliss-reactive ketones (excluding diaryl/α,β-unsaturated/α-hetero) is 1. The predicted octanol–water partition coefficient (Wildman–Crippen LogP) is 3.88. The van der Waals surface area contributed by atoms with Crippen molar-refractivity contribution in [2.24, 2.45) is 28.6 Å². The van der Waals surface area contributed by atoms with Crippen LogP contribution < -0.4 is 0 Å². The number of methoxy groups -OCH3 is 1. The molecule has 0 aromatic heterocycles. The molecule has 1 amide bonds. The quantitative estimate of drug-likeness (QED) is 0.301. The first-order valence-electron chi connectivity index (χ1n) is 15.9. The van der Waals surface area contributed by atoms with E-state index in [9.17, 15) is 28.8 Å². The molecule has 1 unspecified atom stereocenters. The molecule has 0 N–H and O–H groups in total. The van der Waals surface area contributed by atoms with Gasteiger partial charge in [0.2, 0.25) is 11.7 Å². The van der Waals surface area contributed by atoms with Crippen LogP contribution in [0.15, 0.2) is 11.6 Å². The normalized spacial score (nSPS) is 36.5. The van der Waals surface area contributed by atoms with E-state index in [4.69, 9.17) is 14.2 Å². The van der Waals surface area contributed by atoms with Gasteiger partial charge in [-0.25, -0.2) is 4.79 Å². The third kappa shape index (κ3) is 5.33. The Hall–Kier alpha value is -3.04. The van der Waals surface area contributed by atoms with Crippen molar-refractivity contribution in [3.05, 3.63) is 11.6 Å². The van der Waals surface area contributed by atoms with E-state index in [0.717, 1.165) is 32.1 Å². The molecule has 1 heterocycles. The van der Waals surface area contributed by atoms with Gasteiger partial charge >= 0.3 is 17.9 Å². The van der Waals surface area contributed by atoms with Crippen LogP contribution in [0.1, 0.15) is 97.8 Å². The molecule has 43 heavy (non-hydrogen) atoms. The molecule has 0 radical (unpaired) electrons. The van der Waals surface area contributed by atoms with Crippen LogP contribution in [0.3, 0.4) is 0 Å². The van der Waals surface area contributed by atoms with E-state index in [1.807, 2.05) is 6.08 Å². The monoisotopic (exact) mass is 599 g/mol. The zero-order valence-corrected chi connectivity index (χ0v) is 25.9. The smallest absolute Gasteiger partial charge is 0.328 e. The predicted molar refractivity (Wildman–Crippen MR) is 153 cm³/mol. The molecule has 4 aliphatic carbocycles. The zero-order valence-electron chi connectivity index (χ0n) is 25.9. The number of ether oxygens (including phenoxy) is 3. The number of carbonyl (C=O) groups is 6. The number of carbonyl (C=O) groups excluding carboxylic acids is 6. The van der Waals surface area contributed by atoms with Gasteiger partial charge in [-0.05, 0) is 87.0 Å². The van der Waals surface area contributed by atoms with Gasteiger partial charge in [-0.1, -0.05) is 19.4 Å². The second-order valence-corrected chi connectivity index (χ2v) is 13.7. The van der Waals surface area contributed by atoms with Gasteiger partial charge in [-0.3, -0.25) is 24.0 Å². The number of rotatable bonds is 8. The Morgan fingerprint density at radius 3 is 2.42 bits per heavy atom. The molecule has 3 saturated carbocycles. The van der Waals surface area contributed by atoms with E-state index in [2.05, 4.69) is 13.8 Å². The van der Waals surface area contributed by atoms with Crippen molar-refractivity contribution in [1.29, 1.82) is 0 Å². The number of nitrogens with zero attached hydrogens (tertiary/aromatic N) is 1. The van der Waals surface area contributed by atoms with Gasteiger partial charge in [0.15, 0.2) is 18.0 Å². The number of amides is 1. The van der Waals surface area contributed by atoms with Gasteiger partial charge in [-0.15, -0.1) is 0 Å². The molecule has 7 atom stereocenters. The van der Waals surface area contributed by atoms with Crippen LogP contribution in [0.2, 0.25) is 0 Å². The number of likely N-dealkylation sites (tertiary alicyclic amines) is 1. The Bertz CT molecular complexity index is 1240. The Morgan fingerprint density at radius 1 is 0.953 bits per heavy atom. The van der Waals surface area contributed by atoms with Gasteiger partial charge in [0.1, 0.15) is 6.04 Å². The third-order valence-electron chi connectivity index (χ3n) is 11.8. The van der Waals surface area contributed by atoms with Crippen molar-refractivity contribution in [2.75, 3.05) is 20.3 Å². The fraction of sp³-hybridized carbons (Fsp3) is 0.758. The summed E-state index contributed by atoms with van der Waals surface area (Å²) in [5, 5.41) is 0. The summed E-state index contributed by atoms with van der Waals surface area (Å²) < 4.78 is 16.1. The molecule has 0 aromatic rings. The van der Waals surface area contributed by atoms with E-state index in [1.54, 1.807) is 0 Å². The number of esters is 3. The van der Waals surface area contributed by atoms with Crippen LogP contribution in [0.25, 0.3) is 0 Å². The molecule has 1 aliphatic heterocycles. The van der Waals surface area contributed by atoms with Gasteiger partial charge in [0.25, 0.3) is 0 Å². The van der Waals surface area contributed by atoms with Crippen LogP contribution in [-0.4, -0.2) is 72.2 Å². The Labute approximate surface area is 253 Å². The van der Waals surface area contributed by atoms with Crippen LogP contribution >= 0.6 is 0 Å². The molecule has 0 spiro atoms. The van der Waals surface area contributed by atoms with Crippen molar-refractivity contribution >= 4 is 35.4 Å². The Morgan fingerprint density at radius 2 is 1.70 bits per heavy atom. The summed E-state index contributed by atoms with van der Waals surface area (Å²) in [4.78, 5) is 77.3. The summed E-state index contributed by atoms with van der Waals surface area (Å²) >= 11 is 0. The first-order chi connectivity index (χ1) is 20.4. The molecule has 0 aromatic carbocycles. The lowest BCUT2D eigenvalue weighted by Crippen LogP contribution is -2.59. The molecule has 10 nitrogen and oxygen atoms in total. The SMILES string of the molecule is COC(=O)C1CCCN1C(=O)CCC(=O)OCC(=O)[C@@]1(OC(C)=O)CC[C@H]2[C@@H]3CCC4=CC(=O)CC[C@]4(C)[C@H]3CC[C@@]21C. The molecule has 236 valence electrons. The highest BCUT2D eigenvalue weighted by atomic mass is 16.6. The first-order valence-corrected chi connectivity index (χ1v) is 15.9. The second kappa shape index (κ2) is 11.8. The van der Waals surface area contributed by atoms with Gasteiger partial charge < -0.3 is 19.1 Å². The van der Waals surface area contributed by atoms with Gasteiger partial charge in [0.05, 0.1) is 13.5 Å². The van der Waals surface area contributed by atoms with E-state index in [-0.39, 0.29) is 35.9 Å². The number of ketones is 2. The molecule has 1 saturated heterocycles. The summed E-state index contributed by atoms with van der Waals surface area (Å²) in [6, 6.07) is -0.639. The largest absolute Gasteiger partial charge is 0.467 e. The van der Waals surface area contributed by atoms with E-state index in [1.165, 1.54) is 24.5 Å². The van der Waals surface area contributed by atoms with Crippen LogP contribution in [0.5, 0.6) is 0 Å². The van der Waals surface area contributed by atoms with Crippen molar-refractivity contribution < 1.29 is 43.0 Å². The molecule has 4 fully saturated rings. The lowest BCUT2D eigenvalue weighted by molar-refractivity contribution is -0.191. The highest BCUT2D eigenvalue weighted by Gasteiger charge is 2.68. The minimum Gasteiger partial charge on any atom is -0.467 e. The minimum absolute atomic E-state index is 0.0201. The van der Waals surface area contributed by atoms with Gasteiger partial charge in [-0.2, -0.15) is 0 Å². The summed E-state index contributed by atoms with van der Waals surface area (Å²) in [6.45, 7) is 5.57. The van der Waals surface area contributed by atoms with Crippen LogP contribution in [-0.2, 0) is 43.0 Å². The third-order valence-corrected chi connectivity index (χ3v) is 11.8. The van der Waals surface area contributed by atoms with Crippen molar-refractivity contribution in [3.63, 3.8) is 0 Å². The fourth-order valence-electron chi connectivity index (χ4n) is 9.62. The zero-order chi connectivity index (χ0) is 31.2. The van der Waals surface area contributed by atoms with E-state index >= 15 is 0 Å². The average molecular weight is 600 g/mol. The molecule has 5 rings (SSSR count). The standard InChI is InChI=1S/C33H45NO9/c1-20(35)43-33(27(37)19-42-29(39)10-9-28(38)34-17-5-6-26(34)30(40)41-4)16-13-25-23-8-7-21-18-22(36)11-14-31(21,2)24(23)12-15-32(25,33)3/h18,23-26H,5-17,19H2,1-4H3/t23-,24+,25+,26?,31+,32+,33+/m1/s1. The lowest BCUT2D eigenvalue weighted by Gasteiger charge is -2.59. The molecular formula is C33H45NO9. The maximum absolute atomic E-state index is 13.9. The number of fused-ring (bicyclic) bond motifs is 5. The Kier molecular flexibility index (Phi) is 8.62. The fourth-order valence-corrected chi connectivity index (χ4v) is 9.62. The molecule has 0 bridgehead atoms. The summed E-state index contributed by atoms with van der Waals surface area (Å²) in [5.41, 5.74) is -0.730. The maximum Gasteiger partial charge on any atom is 0.328 e. The number of hydrogen-bond donors (Lipinski definition) is 0.